The predicted molar refractivity (Wildman–Crippen MR) is 244 cm³/mol. The lowest BCUT2D eigenvalue weighted by Crippen LogP contribution is -2.24. The molecule has 0 bridgehead atoms. The third-order valence-electron chi connectivity index (χ3n) is 10.5. The Hall–Kier alpha value is -7.88. The molecule has 0 fully saturated rings. The smallest absolute Gasteiger partial charge is 0.191 e. The quantitative estimate of drug-likeness (QED) is 0.119. The van der Waals surface area contributed by atoms with Gasteiger partial charge in [-0.15, -0.1) is 20.4 Å². The number of nitrogens with zero attached hydrogens (tertiary/aromatic N) is 16. The van der Waals surface area contributed by atoms with E-state index in [0.717, 1.165) is 24.8 Å². The SMILES string of the molecule is COc1cccc(OC)c1-n1c(CS(=O)(=O)[C@@H](C)Cc2ncc(F)cn2)nnc1-c1cnn(C)n1.COc1cccc(OC)c1-n1c(CS(=O)(=O)[C@H](C)Cc2ncc(F)cn2)nnc1-c1cnn(C)n1. The molecule has 0 saturated carbocycles. The summed E-state index contributed by atoms with van der Waals surface area (Å²) in [6.07, 6.45) is 7.00. The first-order valence-electron chi connectivity index (χ1n) is 20.9. The summed E-state index contributed by atoms with van der Waals surface area (Å²) in [4.78, 5) is 18.2. The molecule has 0 spiro atoms. The van der Waals surface area contributed by atoms with Gasteiger partial charge < -0.3 is 18.9 Å². The highest BCUT2D eigenvalue weighted by Crippen LogP contribution is 2.38. The maximum Gasteiger partial charge on any atom is 0.191 e. The molecule has 8 rings (SSSR count). The summed E-state index contributed by atoms with van der Waals surface area (Å²) in [5.41, 5.74) is 1.60. The lowest BCUT2D eigenvalue weighted by Gasteiger charge is -2.17. The number of hydrogen-bond donors (Lipinski definition) is 0. The average Bonchev–Trinajstić information content (AvgIpc) is 4.17. The Balaban J connectivity index is 0.000000206. The van der Waals surface area contributed by atoms with Gasteiger partial charge in [-0.05, 0) is 38.1 Å². The van der Waals surface area contributed by atoms with Gasteiger partial charge in [0.1, 0.15) is 57.5 Å². The molecule has 2 aromatic carbocycles. The highest BCUT2D eigenvalue weighted by Gasteiger charge is 2.32. The van der Waals surface area contributed by atoms with Crippen LogP contribution in [-0.4, -0.2) is 135 Å². The molecule has 0 aliphatic carbocycles. The van der Waals surface area contributed by atoms with Crippen LogP contribution in [0.3, 0.4) is 0 Å². The molecule has 6 heterocycles. The molecule has 0 unspecified atom stereocenters. The third kappa shape index (κ3) is 11.0. The lowest BCUT2D eigenvalue weighted by molar-refractivity contribution is 0.390. The number of rotatable bonds is 18. The maximum absolute atomic E-state index is 13.3. The number of ether oxygens (including phenoxy) is 4. The standard InChI is InChI=1S/2C21H23FN8O4S/c2*1-13(8-18-23-9-14(22)10-24-18)35(31,32)12-19-26-27-21(15-11-25-29(2)28-15)30(19)20-16(33-3)6-5-7-17(20)34-4/h2*5-7,9-11,13H,8,12H2,1-4H3/t2*13-/m10/s1. The van der Waals surface area contributed by atoms with Gasteiger partial charge in [0, 0.05) is 26.9 Å². The van der Waals surface area contributed by atoms with E-state index in [9.17, 15) is 25.6 Å². The Morgan fingerprint density at radius 1 is 0.529 bits per heavy atom. The van der Waals surface area contributed by atoms with Gasteiger partial charge in [0.2, 0.25) is 0 Å². The van der Waals surface area contributed by atoms with Crippen LogP contribution in [0.5, 0.6) is 23.0 Å². The predicted octanol–water partition coefficient (Wildman–Crippen LogP) is 3.11. The second kappa shape index (κ2) is 21.2. The fourth-order valence-electron chi connectivity index (χ4n) is 6.92. The second-order valence-electron chi connectivity index (χ2n) is 15.3. The van der Waals surface area contributed by atoms with Crippen molar-refractivity contribution in [1.82, 2.24) is 79.5 Å². The van der Waals surface area contributed by atoms with Crippen molar-refractivity contribution in [3.05, 3.63) is 109 Å². The second-order valence-corrected chi connectivity index (χ2v) is 20.1. The lowest BCUT2D eigenvalue weighted by atomic mass is 10.2. The Morgan fingerprint density at radius 3 is 1.14 bits per heavy atom. The van der Waals surface area contributed by atoms with Crippen LogP contribution in [0.25, 0.3) is 34.4 Å². The van der Waals surface area contributed by atoms with Crippen molar-refractivity contribution in [2.45, 2.75) is 48.7 Å². The molecule has 70 heavy (non-hydrogen) atoms. The molecule has 2 atom stereocenters. The zero-order chi connectivity index (χ0) is 50.3. The first kappa shape index (κ1) is 50.0. The van der Waals surface area contributed by atoms with E-state index in [1.165, 1.54) is 64.3 Å². The van der Waals surface area contributed by atoms with E-state index in [1.54, 1.807) is 59.6 Å². The minimum Gasteiger partial charge on any atom is -0.494 e. The Morgan fingerprint density at radius 2 is 0.857 bits per heavy atom. The van der Waals surface area contributed by atoms with Gasteiger partial charge in [0.25, 0.3) is 0 Å². The molecule has 24 nitrogen and oxygen atoms in total. The summed E-state index contributed by atoms with van der Waals surface area (Å²) in [6, 6.07) is 10.3. The van der Waals surface area contributed by atoms with Gasteiger partial charge >= 0.3 is 0 Å². The zero-order valence-corrected chi connectivity index (χ0v) is 40.5. The summed E-state index contributed by atoms with van der Waals surface area (Å²) in [7, 11) is 1.72. The summed E-state index contributed by atoms with van der Waals surface area (Å²) < 4.78 is 105. The highest BCUT2D eigenvalue weighted by molar-refractivity contribution is 7.91. The highest BCUT2D eigenvalue weighted by atomic mass is 32.2. The maximum atomic E-state index is 13.3. The Bertz CT molecular complexity index is 3050. The molecular weight excluding hydrogens is 959 g/mol. The van der Waals surface area contributed by atoms with Crippen molar-refractivity contribution in [1.29, 1.82) is 0 Å². The van der Waals surface area contributed by atoms with E-state index in [2.05, 4.69) is 60.7 Å². The molecule has 368 valence electrons. The Kier molecular flexibility index (Phi) is 15.1. The first-order valence-corrected chi connectivity index (χ1v) is 24.3. The Labute approximate surface area is 399 Å². The van der Waals surface area contributed by atoms with Crippen LogP contribution in [0.4, 0.5) is 8.78 Å². The molecule has 0 N–H and O–H groups in total. The molecule has 28 heteroatoms. The van der Waals surface area contributed by atoms with Crippen LogP contribution in [0.15, 0.2) is 73.6 Å². The summed E-state index contributed by atoms with van der Waals surface area (Å²) >= 11 is 0. The molecule has 6 aromatic heterocycles. The van der Waals surface area contributed by atoms with Crippen molar-refractivity contribution in [2.24, 2.45) is 14.1 Å². The van der Waals surface area contributed by atoms with Crippen molar-refractivity contribution >= 4 is 19.7 Å². The summed E-state index contributed by atoms with van der Waals surface area (Å²) in [5.74, 6) is 0.781. The van der Waals surface area contributed by atoms with Gasteiger partial charge in [-0.3, -0.25) is 9.13 Å². The first-order chi connectivity index (χ1) is 33.5. The monoisotopic (exact) mass is 1000 g/mol. The van der Waals surface area contributed by atoms with Crippen LogP contribution in [-0.2, 0) is 58.1 Å². The largest absolute Gasteiger partial charge is 0.494 e. The number of para-hydroxylation sites is 2. The molecule has 0 saturated heterocycles. The van der Waals surface area contributed by atoms with Crippen LogP contribution in [0.2, 0.25) is 0 Å². The van der Waals surface area contributed by atoms with Gasteiger partial charge in [0.15, 0.2) is 66.0 Å². The summed E-state index contributed by atoms with van der Waals surface area (Å²) in [6.45, 7) is 3.08. The van der Waals surface area contributed by atoms with Crippen molar-refractivity contribution < 1.29 is 44.6 Å². The number of sulfone groups is 2. The number of hydrogen-bond acceptors (Lipinski definition) is 20. The minimum absolute atomic E-state index is 0.00570. The van der Waals surface area contributed by atoms with Gasteiger partial charge in [-0.2, -0.15) is 30.0 Å². The average molecular weight is 1010 g/mol. The molecule has 0 aliphatic heterocycles. The van der Waals surface area contributed by atoms with E-state index in [4.69, 9.17) is 18.9 Å². The fourth-order valence-corrected chi connectivity index (χ4v) is 9.39. The topological polar surface area (TPSA) is 280 Å². The summed E-state index contributed by atoms with van der Waals surface area (Å²) in [5, 5.41) is 31.8. The van der Waals surface area contributed by atoms with Crippen molar-refractivity contribution in [3.63, 3.8) is 0 Å². The van der Waals surface area contributed by atoms with Crippen LogP contribution >= 0.6 is 0 Å². The van der Waals surface area contributed by atoms with E-state index < -0.39 is 53.3 Å². The van der Waals surface area contributed by atoms with E-state index >= 15 is 0 Å². The van der Waals surface area contributed by atoms with E-state index in [-0.39, 0.29) is 47.8 Å². The van der Waals surface area contributed by atoms with E-state index in [0.29, 0.717) is 45.8 Å². The van der Waals surface area contributed by atoms with Crippen LogP contribution in [0.1, 0.15) is 37.1 Å². The molecule has 8 aromatic rings. The molecule has 0 aliphatic rings. The number of methoxy groups -OCH3 is 4. The number of aryl methyl sites for hydroxylation is 2. The third-order valence-corrected chi connectivity index (χ3v) is 14.6. The zero-order valence-electron chi connectivity index (χ0n) is 38.9. The van der Waals surface area contributed by atoms with Gasteiger partial charge in [-0.25, -0.2) is 45.6 Å². The normalized spacial score (nSPS) is 12.5. The molecular formula is C42H46F2N16O8S2. The van der Waals surface area contributed by atoms with Crippen molar-refractivity contribution in [3.8, 4) is 57.4 Å². The number of aromatic nitrogens is 16. The molecule has 0 amide bonds. The number of benzene rings is 2. The van der Waals surface area contributed by atoms with E-state index in [1.807, 2.05) is 0 Å². The fraction of sp³-hybridized carbons (Fsp3) is 0.333. The van der Waals surface area contributed by atoms with Gasteiger partial charge in [0.05, 0.1) is 76.1 Å². The van der Waals surface area contributed by atoms with Crippen LogP contribution < -0.4 is 18.9 Å². The number of halogens is 2. The van der Waals surface area contributed by atoms with Gasteiger partial charge in [-0.1, -0.05) is 12.1 Å². The molecule has 0 radical (unpaired) electrons. The van der Waals surface area contributed by atoms with Crippen LogP contribution in [0, 0.1) is 11.6 Å². The minimum atomic E-state index is -3.77. The van der Waals surface area contributed by atoms with Crippen molar-refractivity contribution in [2.75, 3.05) is 28.4 Å².